The van der Waals surface area contributed by atoms with Crippen molar-refractivity contribution in [1.82, 2.24) is 14.8 Å². The first-order chi connectivity index (χ1) is 14.6. The lowest BCUT2D eigenvalue weighted by Crippen LogP contribution is -2.47. The molecular weight excluding hydrogens is 382 g/mol. The molecule has 4 rings (SSSR count). The Bertz CT molecular complexity index is 883. The molecule has 0 saturated carbocycles. The summed E-state index contributed by atoms with van der Waals surface area (Å²) in [6.07, 6.45) is 5.86. The number of likely N-dealkylation sites (tertiary alicyclic amines) is 2. The summed E-state index contributed by atoms with van der Waals surface area (Å²) in [6.45, 7) is 1.92. The maximum atomic E-state index is 13.2. The number of methoxy groups -OCH3 is 1. The van der Waals surface area contributed by atoms with Gasteiger partial charge in [0.05, 0.1) is 26.3 Å². The van der Waals surface area contributed by atoms with Gasteiger partial charge in [0.2, 0.25) is 11.8 Å². The van der Waals surface area contributed by atoms with E-state index in [1.54, 1.807) is 24.4 Å². The molecule has 158 valence electrons. The lowest BCUT2D eigenvalue weighted by Gasteiger charge is -2.27. The van der Waals surface area contributed by atoms with Crippen molar-refractivity contribution in [2.24, 2.45) is 0 Å². The standard InChI is InChI=1S/C23H27N3O4/c1-29-18-7-4-6-17(12-18)13-22(27)26-16-20(30-19-8-5-9-24-15-19)14-21(26)23(28)25-10-2-3-11-25/h4-9,12,15,20-21H,2-3,10-11,13-14,16H2,1H3. The highest BCUT2D eigenvalue weighted by Crippen LogP contribution is 2.26. The van der Waals surface area contributed by atoms with E-state index in [0.29, 0.717) is 24.5 Å². The molecule has 30 heavy (non-hydrogen) atoms. The molecule has 2 aliphatic heterocycles. The Kier molecular flexibility index (Phi) is 6.16. The molecule has 1 aromatic heterocycles. The highest BCUT2D eigenvalue weighted by atomic mass is 16.5. The van der Waals surface area contributed by atoms with Crippen LogP contribution in [-0.2, 0) is 16.0 Å². The predicted molar refractivity (Wildman–Crippen MR) is 111 cm³/mol. The van der Waals surface area contributed by atoms with E-state index in [-0.39, 0.29) is 24.3 Å². The van der Waals surface area contributed by atoms with Crippen LogP contribution >= 0.6 is 0 Å². The minimum atomic E-state index is -0.483. The second kappa shape index (κ2) is 9.15. The molecule has 2 amide bonds. The van der Waals surface area contributed by atoms with Crippen LogP contribution in [0.25, 0.3) is 0 Å². The van der Waals surface area contributed by atoms with Gasteiger partial charge in [-0.15, -0.1) is 0 Å². The topological polar surface area (TPSA) is 72.0 Å². The molecule has 0 aliphatic carbocycles. The summed E-state index contributed by atoms with van der Waals surface area (Å²) in [5.74, 6) is 1.32. The van der Waals surface area contributed by atoms with Gasteiger partial charge in [0.1, 0.15) is 23.6 Å². The first-order valence-corrected chi connectivity index (χ1v) is 10.4. The van der Waals surface area contributed by atoms with E-state index in [1.807, 2.05) is 41.3 Å². The third-order valence-corrected chi connectivity index (χ3v) is 5.71. The molecule has 0 radical (unpaired) electrons. The van der Waals surface area contributed by atoms with Gasteiger partial charge in [-0.3, -0.25) is 14.6 Å². The molecule has 2 aliphatic rings. The van der Waals surface area contributed by atoms with Crippen molar-refractivity contribution in [3.05, 3.63) is 54.4 Å². The van der Waals surface area contributed by atoms with E-state index in [0.717, 1.165) is 31.5 Å². The normalized spacial score (nSPS) is 21.0. The highest BCUT2D eigenvalue weighted by molar-refractivity contribution is 5.89. The Balaban J connectivity index is 1.50. The van der Waals surface area contributed by atoms with Gasteiger partial charge in [-0.05, 0) is 42.7 Å². The number of rotatable bonds is 6. The average Bonchev–Trinajstić information content (AvgIpc) is 3.44. The van der Waals surface area contributed by atoms with Gasteiger partial charge >= 0.3 is 0 Å². The number of nitrogens with zero attached hydrogens (tertiary/aromatic N) is 3. The van der Waals surface area contributed by atoms with Crippen molar-refractivity contribution in [3.8, 4) is 11.5 Å². The van der Waals surface area contributed by atoms with Gasteiger partial charge < -0.3 is 19.3 Å². The van der Waals surface area contributed by atoms with Gasteiger partial charge in [-0.1, -0.05) is 12.1 Å². The monoisotopic (exact) mass is 409 g/mol. The zero-order valence-corrected chi connectivity index (χ0v) is 17.2. The number of carbonyl (C=O) groups is 2. The summed E-state index contributed by atoms with van der Waals surface area (Å²) in [4.78, 5) is 34.0. The van der Waals surface area contributed by atoms with Crippen LogP contribution < -0.4 is 9.47 Å². The number of ether oxygens (including phenoxy) is 2. The molecule has 7 heteroatoms. The molecule has 0 N–H and O–H groups in total. The molecule has 2 fully saturated rings. The zero-order chi connectivity index (χ0) is 20.9. The summed E-state index contributed by atoms with van der Waals surface area (Å²) in [7, 11) is 1.60. The predicted octanol–water partition coefficient (Wildman–Crippen LogP) is 2.30. The fourth-order valence-corrected chi connectivity index (χ4v) is 4.21. The van der Waals surface area contributed by atoms with E-state index in [4.69, 9.17) is 9.47 Å². The van der Waals surface area contributed by atoms with Crippen LogP contribution in [0.4, 0.5) is 0 Å². The molecule has 7 nitrogen and oxygen atoms in total. The van der Waals surface area contributed by atoms with Crippen LogP contribution in [0.2, 0.25) is 0 Å². The minimum Gasteiger partial charge on any atom is -0.497 e. The SMILES string of the molecule is COc1cccc(CC(=O)N2CC(Oc3cccnc3)CC2C(=O)N2CCCC2)c1. The van der Waals surface area contributed by atoms with E-state index in [9.17, 15) is 9.59 Å². The molecular formula is C23H27N3O4. The summed E-state index contributed by atoms with van der Waals surface area (Å²) < 4.78 is 11.3. The second-order valence-corrected chi connectivity index (χ2v) is 7.79. The summed E-state index contributed by atoms with van der Waals surface area (Å²) in [5.41, 5.74) is 0.864. The Hall–Kier alpha value is -3.09. The van der Waals surface area contributed by atoms with Crippen LogP contribution in [0, 0.1) is 0 Å². The Morgan fingerprint density at radius 1 is 1.13 bits per heavy atom. The molecule has 2 saturated heterocycles. The number of pyridine rings is 1. The van der Waals surface area contributed by atoms with Crippen LogP contribution in [0.1, 0.15) is 24.8 Å². The number of benzene rings is 1. The fraction of sp³-hybridized carbons (Fsp3) is 0.435. The Morgan fingerprint density at radius 3 is 2.67 bits per heavy atom. The van der Waals surface area contributed by atoms with Gasteiger partial charge in [-0.2, -0.15) is 0 Å². The average molecular weight is 409 g/mol. The van der Waals surface area contributed by atoms with E-state index in [2.05, 4.69) is 4.98 Å². The van der Waals surface area contributed by atoms with Crippen molar-refractivity contribution in [2.75, 3.05) is 26.7 Å². The van der Waals surface area contributed by atoms with Crippen molar-refractivity contribution < 1.29 is 19.1 Å². The summed E-state index contributed by atoms with van der Waals surface area (Å²) >= 11 is 0. The number of hydrogen-bond acceptors (Lipinski definition) is 5. The van der Waals surface area contributed by atoms with Crippen LogP contribution in [0.5, 0.6) is 11.5 Å². The number of amides is 2. The van der Waals surface area contributed by atoms with Crippen molar-refractivity contribution in [3.63, 3.8) is 0 Å². The van der Waals surface area contributed by atoms with Crippen molar-refractivity contribution in [2.45, 2.75) is 37.8 Å². The van der Waals surface area contributed by atoms with Crippen molar-refractivity contribution >= 4 is 11.8 Å². The molecule has 2 aromatic rings. The van der Waals surface area contributed by atoms with E-state index in [1.165, 1.54) is 0 Å². The van der Waals surface area contributed by atoms with E-state index >= 15 is 0 Å². The maximum Gasteiger partial charge on any atom is 0.245 e. The molecule has 3 heterocycles. The maximum absolute atomic E-state index is 13.2. The third-order valence-electron chi connectivity index (χ3n) is 5.71. The Morgan fingerprint density at radius 2 is 1.93 bits per heavy atom. The number of aromatic nitrogens is 1. The van der Waals surface area contributed by atoms with Gasteiger partial charge in [-0.25, -0.2) is 0 Å². The first-order valence-electron chi connectivity index (χ1n) is 10.4. The smallest absolute Gasteiger partial charge is 0.245 e. The van der Waals surface area contributed by atoms with Crippen molar-refractivity contribution in [1.29, 1.82) is 0 Å². The highest BCUT2D eigenvalue weighted by Gasteiger charge is 2.42. The lowest BCUT2D eigenvalue weighted by molar-refractivity contribution is -0.142. The first kappa shape index (κ1) is 20.2. The second-order valence-electron chi connectivity index (χ2n) is 7.79. The third kappa shape index (κ3) is 4.56. The molecule has 2 unspecified atom stereocenters. The quantitative estimate of drug-likeness (QED) is 0.732. The van der Waals surface area contributed by atoms with Gasteiger partial charge in [0.15, 0.2) is 0 Å². The Labute approximate surface area is 176 Å². The van der Waals surface area contributed by atoms with Crippen LogP contribution in [0.15, 0.2) is 48.8 Å². The summed E-state index contributed by atoms with van der Waals surface area (Å²) in [6, 6.07) is 10.6. The zero-order valence-electron chi connectivity index (χ0n) is 17.2. The summed E-state index contributed by atoms with van der Waals surface area (Å²) in [5, 5.41) is 0. The molecule has 2 atom stereocenters. The fourth-order valence-electron chi connectivity index (χ4n) is 4.21. The minimum absolute atomic E-state index is 0.0313. The lowest BCUT2D eigenvalue weighted by atomic mass is 10.1. The van der Waals surface area contributed by atoms with Gasteiger partial charge in [0, 0.05) is 25.7 Å². The number of hydrogen-bond donors (Lipinski definition) is 0. The number of carbonyl (C=O) groups excluding carboxylic acids is 2. The van der Waals surface area contributed by atoms with Crippen LogP contribution in [-0.4, -0.2) is 65.5 Å². The molecule has 0 spiro atoms. The van der Waals surface area contributed by atoms with Gasteiger partial charge in [0.25, 0.3) is 0 Å². The largest absolute Gasteiger partial charge is 0.497 e. The molecule has 1 aromatic carbocycles. The van der Waals surface area contributed by atoms with Crippen LogP contribution in [0.3, 0.4) is 0 Å². The van der Waals surface area contributed by atoms with E-state index < -0.39 is 6.04 Å². The molecule has 0 bridgehead atoms.